The summed E-state index contributed by atoms with van der Waals surface area (Å²) in [5, 5.41) is 3.69. The second-order valence-electron chi connectivity index (χ2n) is 7.53. The minimum Gasteiger partial charge on any atom is -0.345 e. The normalized spacial score (nSPS) is 12.1. The number of aryl methyl sites for hydroxylation is 2. The van der Waals surface area contributed by atoms with Crippen LogP contribution in [0.3, 0.4) is 0 Å². The van der Waals surface area contributed by atoms with Crippen molar-refractivity contribution in [2.45, 2.75) is 19.0 Å². The number of aromatic nitrogens is 4. The zero-order valence-corrected chi connectivity index (χ0v) is 18.4. The standard InChI is InChI=1S/C23H22ClN5O3/c1-27-21-20(22(31)28(2)23(27)32)29(14-25-21)13-12-18(30)26-19(15-6-4-3-5-7-15)16-8-10-17(24)11-9-16/h3-11,14,19H,12-13H2,1-2H3,(H,26,30). The molecule has 0 aliphatic rings. The van der Waals surface area contributed by atoms with E-state index in [4.69, 9.17) is 11.6 Å². The van der Waals surface area contributed by atoms with E-state index in [1.807, 2.05) is 42.5 Å². The molecule has 1 atom stereocenters. The number of fused-ring (bicyclic) bond motifs is 1. The van der Waals surface area contributed by atoms with Gasteiger partial charge in [-0.3, -0.25) is 18.7 Å². The first-order valence-electron chi connectivity index (χ1n) is 10.1. The van der Waals surface area contributed by atoms with E-state index in [2.05, 4.69) is 10.3 Å². The van der Waals surface area contributed by atoms with Gasteiger partial charge in [-0.05, 0) is 23.3 Å². The third-order valence-electron chi connectivity index (χ3n) is 5.44. The largest absolute Gasteiger partial charge is 0.345 e. The van der Waals surface area contributed by atoms with E-state index in [-0.39, 0.29) is 24.9 Å². The highest BCUT2D eigenvalue weighted by Crippen LogP contribution is 2.23. The van der Waals surface area contributed by atoms with Crippen LogP contribution in [-0.4, -0.2) is 24.6 Å². The molecule has 2 heterocycles. The second kappa shape index (κ2) is 8.84. The fourth-order valence-corrected chi connectivity index (χ4v) is 3.81. The van der Waals surface area contributed by atoms with Gasteiger partial charge in [0, 0.05) is 32.1 Å². The van der Waals surface area contributed by atoms with Crippen LogP contribution < -0.4 is 16.6 Å². The van der Waals surface area contributed by atoms with Crippen LogP contribution >= 0.6 is 11.6 Å². The molecule has 0 spiro atoms. The van der Waals surface area contributed by atoms with E-state index in [0.29, 0.717) is 16.2 Å². The Morgan fingerprint density at radius 1 is 1.00 bits per heavy atom. The number of hydrogen-bond donors (Lipinski definition) is 1. The predicted molar refractivity (Wildman–Crippen MR) is 123 cm³/mol. The molecular formula is C23H22ClN5O3. The van der Waals surface area contributed by atoms with Gasteiger partial charge in [0.05, 0.1) is 12.4 Å². The third-order valence-corrected chi connectivity index (χ3v) is 5.69. The van der Waals surface area contributed by atoms with Crippen molar-refractivity contribution in [3.8, 4) is 0 Å². The quantitative estimate of drug-likeness (QED) is 0.487. The predicted octanol–water partition coefficient (Wildman–Crippen LogP) is 2.38. The SMILES string of the molecule is Cn1c(=O)c2c(ncn2CCC(=O)NC(c2ccccc2)c2ccc(Cl)cc2)n(C)c1=O. The molecule has 1 N–H and O–H groups in total. The molecule has 164 valence electrons. The molecule has 0 fully saturated rings. The smallest absolute Gasteiger partial charge is 0.332 e. The number of imidazole rings is 1. The minimum atomic E-state index is -0.445. The molecule has 0 saturated carbocycles. The Morgan fingerprint density at radius 3 is 2.34 bits per heavy atom. The lowest BCUT2D eigenvalue weighted by atomic mass is 9.98. The van der Waals surface area contributed by atoms with Gasteiger partial charge in [-0.1, -0.05) is 54.1 Å². The monoisotopic (exact) mass is 451 g/mol. The second-order valence-corrected chi connectivity index (χ2v) is 7.97. The zero-order chi connectivity index (χ0) is 22.8. The van der Waals surface area contributed by atoms with Gasteiger partial charge in [-0.2, -0.15) is 0 Å². The van der Waals surface area contributed by atoms with Crippen molar-refractivity contribution in [1.82, 2.24) is 24.0 Å². The molecule has 2 aromatic carbocycles. The van der Waals surface area contributed by atoms with E-state index in [0.717, 1.165) is 15.7 Å². The highest BCUT2D eigenvalue weighted by molar-refractivity contribution is 6.30. The minimum absolute atomic E-state index is 0.133. The molecule has 0 radical (unpaired) electrons. The lowest BCUT2D eigenvalue weighted by Crippen LogP contribution is -2.37. The Kier molecular flexibility index (Phi) is 5.96. The number of carbonyl (C=O) groups excluding carboxylic acids is 1. The number of halogens is 1. The van der Waals surface area contributed by atoms with Crippen molar-refractivity contribution in [2.75, 3.05) is 0 Å². The molecular weight excluding hydrogens is 430 g/mol. The molecule has 0 saturated heterocycles. The molecule has 8 nitrogen and oxygen atoms in total. The van der Waals surface area contributed by atoms with Crippen LogP contribution in [0.25, 0.3) is 11.2 Å². The number of nitrogens with zero attached hydrogens (tertiary/aromatic N) is 4. The molecule has 0 bridgehead atoms. The van der Waals surface area contributed by atoms with Crippen LogP contribution in [0.5, 0.6) is 0 Å². The number of nitrogens with one attached hydrogen (secondary N) is 1. The maximum atomic E-state index is 12.9. The average molecular weight is 452 g/mol. The molecule has 4 aromatic rings. The van der Waals surface area contributed by atoms with Crippen LogP contribution in [0.2, 0.25) is 5.02 Å². The summed E-state index contributed by atoms with van der Waals surface area (Å²) in [5.41, 5.74) is 1.55. The van der Waals surface area contributed by atoms with Crippen molar-refractivity contribution in [3.63, 3.8) is 0 Å². The number of carbonyl (C=O) groups is 1. The number of amides is 1. The topological polar surface area (TPSA) is 90.9 Å². The van der Waals surface area contributed by atoms with Crippen molar-refractivity contribution in [3.05, 3.63) is 97.9 Å². The van der Waals surface area contributed by atoms with E-state index in [1.54, 1.807) is 23.7 Å². The van der Waals surface area contributed by atoms with Crippen LogP contribution in [0.15, 0.2) is 70.5 Å². The lowest BCUT2D eigenvalue weighted by Gasteiger charge is -2.20. The van der Waals surface area contributed by atoms with Gasteiger partial charge in [0.2, 0.25) is 5.91 Å². The molecule has 1 unspecified atom stereocenters. The summed E-state index contributed by atoms with van der Waals surface area (Å²) in [4.78, 5) is 41.7. The maximum Gasteiger partial charge on any atom is 0.332 e. The molecule has 9 heteroatoms. The van der Waals surface area contributed by atoms with Gasteiger partial charge in [0.25, 0.3) is 5.56 Å². The zero-order valence-electron chi connectivity index (χ0n) is 17.7. The molecule has 4 rings (SSSR count). The lowest BCUT2D eigenvalue weighted by molar-refractivity contribution is -0.121. The summed E-state index contributed by atoms with van der Waals surface area (Å²) >= 11 is 6.02. The van der Waals surface area contributed by atoms with Gasteiger partial charge >= 0.3 is 5.69 Å². The highest BCUT2D eigenvalue weighted by atomic mass is 35.5. The van der Waals surface area contributed by atoms with E-state index in [9.17, 15) is 14.4 Å². The first-order valence-corrected chi connectivity index (χ1v) is 10.4. The Hall–Kier alpha value is -3.65. The summed E-state index contributed by atoms with van der Waals surface area (Å²) < 4.78 is 3.96. The molecule has 2 aromatic heterocycles. The summed E-state index contributed by atoms with van der Waals surface area (Å²) in [7, 11) is 2.98. The van der Waals surface area contributed by atoms with Crippen molar-refractivity contribution < 1.29 is 4.79 Å². The molecule has 1 amide bonds. The van der Waals surface area contributed by atoms with Crippen LogP contribution in [0, 0.1) is 0 Å². The van der Waals surface area contributed by atoms with Crippen LogP contribution in [-0.2, 0) is 25.4 Å². The van der Waals surface area contributed by atoms with Gasteiger partial charge in [0.15, 0.2) is 11.2 Å². The third kappa shape index (κ3) is 4.09. The number of hydrogen-bond acceptors (Lipinski definition) is 4. The van der Waals surface area contributed by atoms with Gasteiger partial charge in [-0.15, -0.1) is 0 Å². The Bertz CT molecular complexity index is 1390. The number of benzene rings is 2. The van der Waals surface area contributed by atoms with Crippen molar-refractivity contribution in [2.24, 2.45) is 14.1 Å². The Morgan fingerprint density at radius 2 is 1.66 bits per heavy atom. The van der Waals surface area contributed by atoms with Crippen LogP contribution in [0.4, 0.5) is 0 Å². The number of rotatable bonds is 6. The summed E-state index contributed by atoms with van der Waals surface area (Å²) in [5.74, 6) is -0.183. The fraction of sp³-hybridized carbons (Fsp3) is 0.217. The van der Waals surface area contributed by atoms with Crippen molar-refractivity contribution >= 4 is 28.7 Å². The summed E-state index contributed by atoms with van der Waals surface area (Å²) in [6.07, 6.45) is 1.61. The summed E-state index contributed by atoms with van der Waals surface area (Å²) in [6.45, 7) is 0.248. The maximum absolute atomic E-state index is 12.9. The molecule has 0 aliphatic carbocycles. The highest BCUT2D eigenvalue weighted by Gasteiger charge is 2.18. The van der Waals surface area contributed by atoms with E-state index < -0.39 is 11.2 Å². The van der Waals surface area contributed by atoms with Crippen molar-refractivity contribution in [1.29, 1.82) is 0 Å². The van der Waals surface area contributed by atoms with Gasteiger partial charge < -0.3 is 9.88 Å². The Labute approximate surface area is 188 Å². The Balaban J connectivity index is 1.57. The summed E-state index contributed by atoms with van der Waals surface area (Å²) in [6, 6.07) is 16.7. The van der Waals surface area contributed by atoms with Gasteiger partial charge in [0.1, 0.15) is 0 Å². The molecule has 0 aliphatic heterocycles. The molecule has 32 heavy (non-hydrogen) atoms. The van der Waals surface area contributed by atoms with Crippen LogP contribution in [0.1, 0.15) is 23.6 Å². The van der Waals surface area contributed by atoms with E-state index in [1.165, 1.54) is 17.9 Å². The van der Waals surface area contributed by atoms with Gasteiger partial charge in [-0.25, -0.2) is 9.78 Å². The average Bonchev–Trinajstić information content (AvgIpc) is 3.24. The first-order chi connectivity index (χ1) is 15.4. The van der Waals surface area contributed by atoms with E-state index >= 15 is 0 Å². The fourth-order valence-electron chi connectivity index (χ4n) is 3.68. The first kappa shape index (κ1) is 21.6.